The molecule has 1 atom stereocenters. The molecule has 0 radical (unpaired) electrons. The highest BCUT2D eigenvalue weighted by Crippen LogP contribution is 2.25. The first kappa shape index (κ1) is 26.3. The van der Waals surface area contributed by atoms with E-state index in [4.69, 9.17) is 4.74 Å². The number of nitrogens with one attached hydrogen (secondary N) is 1. The van der Waals surface area contributed by atoms with Crippen molar-refractivity contribution in [3.63, 3.8) is 0 Å². The molecule has 9 heteroatoms. The molecule has 0 saturated heterocycles. The molecule has 1 N–H and O–H groups in total. The number of ether oxygens (including phenoxy) is 1. The average molecular weight is 460 g/mol. The van der Waals surface area contributed by atoms with Gasteiger partial charge in [-0.1, -0.05) is 51.7 Å². The summed E-state index contributed by atoms with van der Waals surface area (Å²) < 4.78 is 6.97. The third-order valence-electron chi connectivity index (χ3n) is 5.35. The SMILES string of the molecule is CCCCCN(CCCCC)CC(C)NC(=O)c1ccn(COc2ccccc2[N+](=O)[O-])n1. The van der Waals surface area contributed by atoms with Crippen LogP contribution >= 0.6 is 0 Å². The van der Waals surface area contributed by atoms with Gasteiger partial charge in [-0.15, -0.1) is 0 Å². The topological polar surface area (TPSA) is 103 Å². The molecule has 0 aliphatic carbocycles. The molecule has 2 aromatic rings. The fraction of sp³-hybridized carbons (Fsp3) is 0.583. The number of aromatic nitrogens is 2. The summed E-state index contributed by atoms with van der Waals surface area (Å²) in [6.45, 7) is 9.30. The first-order chi connectivity index (χ1) is 15.9. The van der Waals surface area contributed by atoms with Gasteiger partial charge in [0.1, 0.15) is 5.69 Å². The number of rotatable bonds is 16. The monoisotopic (exact) mass is 459 g/mol. The highest BCUT2D eigenvalue weighted by atomic mass is 16.6. The van der Waals surface area contributed by atoms with E-state index in [1.807, 2.05) is 6.92 Å². The molecule has 1 aromatic heterocycles. The number of hydrogen-bond acceptors (Lipinski definition) is 6. The maximum atomic E-state index is 12.7. The van der Waals surface area contributed by atoms with E-state index in [0.717, 1.165) is 19.6 Å². The van der Waals surface area contributed by atoms with E-state index >= 15 is 0 Å². The van der Waals surface area contributed by atoms with E-state index in [2.05, 4.69) is 29.2 Å². The molecule has 0 aliphatic heterocycles. The van der Waals surface area contributed by atoms with Crippen LogP contribution in [0.2, 0.25) is 0 Å². The van der Waals surface area contributed by atoms with Gasteiger partial charge in [-0.2, -0.15) is 5.10 Å². The van der Waals surface area contributed by atoms with Gasteiger partial charge >= 0.3 is 5.69 Å². The quantitative estimate of drug-likeness (QED) is 0.223. The standard InChI is InChI=1S/C24H37N5O4/c1-4-6-10-15-27(16-11-7-5-2)18-20(3)25-24(30)21-14-17-28(26-21)19-33-23-13-9-8-12-22(23)29(31)32/h8-9,12-14,17,20H,4-7,10-11,15-16,18-19H2,1-3H3,(H,25,30). The van der Waals surface area contributed by atoms with E-state index < -0.39 is 4.92 Å². The Bertz CT molecular complexity index is 860. The van der Waals surface area contributed by atoms with Gasteiger partial charge in [-0.3, -0.25) is 14.9 Å². The van der Waals surface area contributed by atoms with Gasteiger partial charge in [-0.05, 0) is 45.0 Å². The van der Waals surface area contributed by atoms with Crippen LogP contribution < -0.4 is 10.1 Å². The second-order valence-electron chi connectivity index (χ2n) is 8.33. The molecule has 0 spiro atoms. The summed E-state index contributed by atoms with van der Waals surface area (Å²) in [4.78, 5) is 25.7. The molecule has 1 unspecified atom stereocenters. The van der Waals surface area contributed by atoms with Crippen LogP contribution in [0.3, 0.4) is 0 Å². The number of benzene rings is 1. The van der Waals surface area contributed by atoms with E-state index in [-0.39, 0.29) is 35.8 Å². The van der Waals surface area contributed by atoms with Crippen molar-refractivity contribution in [2.45, 2.75) is 72.1 Å². The maximum absolute atomic E-state index is 12.7. The Balaban J connectivity index is 1.87. The van der Waals surface area contributed by atoms with Gasteiger partial charge in [0.2, 0.25) is 0 Å². The van der Waals surface area contributed by atoms with E-state index in [1.165, 1.54) is 55.3 Å². The number of unbranched alkanes of at least 4 members (excludes halogenated alkanes) is 4. The molecule has 0 fully saturated rings. The number of nitrogens with zero attached hydrogens (tertiary/aromatic N) is 4. The van der Waals surface area contributed by atoms with Crippen LogP contribution in [0.4, 0.5) is 5.69 Å². The third kappa shape index (κ3) is 9.21. The molecule has 0 aliphatic rings. The predicted octanol–water partition coefficient (Wildman–Crippen LogP) is 4.63. The molecule has 0 saturated carbocycles. The van der Waals surface area contributed by atoms with E-state index in [0.29, 0.717) is 0 Å². The van der Waals surface area contributed by atoms with E-state index in [1.54, 1.807) is 24.4 Å². The van der Waals surface area contributed by atoms with Crippen molar-refractivity contribution < 1.29 is 14.5 Å². The number of carbonyl (C=O) groups excluding carboxylic acids is 1. The Morgan fingerprint density at radius 3 is 2.45 bits per heavy atom. The van der Waals surface area contributed by atoms with Crippen LogP contribution in [0.5, 0.6) is 5.75 Å². The van der Waals surface area contributed by atoms with Crippen molar-refractivity contribution in [3.8, 4) is 5.75 Å². The third-order valence-corrected chi connectivity index (χ3v) is 5.35. The number of hydrogen-bond donors (Lipinski definition) is 1. The summed E-state index contributed by atoms with van der Waals surface area (Å²) in [5.41, 5.74) is 0.176. The van der Waals surface area contributed by atoms with Crippen molar-refractivity contribution in [2.24, 2.45) is 0 Å². The summed E-state index contributed by atoms with van der Waals surface area (Å²) in [7, 11) is 0. The van der Waals surface area contributed by atoms with Crippen molar-refractivity contribution in [1.29, 1.82) is 0 Å². The zero-order valence-corrected chi connectivity index (χ0v) is 20.0. The lowest BCUT2D eigenvalue weighted by molar-refractivity contribution is -0.386. The summed E-state index contributed by atoms with van der Waals surface area (Å²) in [6.07, 6.45) is 8.79. The van der Waals surface area contributed by atoms with Crippen molar-refractivity contribution in [2.75, 3.05) is 19.6 Å². The normalized spacial score (nSPS) is 12.0. The zero-order chi connectivity index (χ0) is 24.1. The van der Waals surface area contributed by atoms with Crippen molar-refractivity contribution in [1.82, 2.24) is 20.0 Å². The van der Waals surface area contributed by atoms with Crippen LogP contribution in [0.15, 0.2) is 36.5 Å². The molecule has 2 rings (SSSR count). The lowest BCUT2D eigenvalue weighted by atomic mass is 10.2. The minimum atomic E-state index is -0.494. The first-order valence-corrected chi connectivity index (χ1v) is 11.9. The molecule has 1 heterocycles. The van der Waals surface area contributed by atoms with Crippen molar-refractivity contribution >= 4 is 11.6 Å². The van der Waals surface area contributed by atoms with Gasteiger partial charge in [-0.25, -0.2) is 4.68 Å². The lowest BCUT2D eigenvalue weighted by Crippen LogP contribution is -2.42. The summed E-state index contributed by atoms with van der Waals surface area (Å²) in [5.74, 6) is -0.0853. The summed E-state index contributed by atoms with van der Waals surface area (Å²) in [5, 5.41) is 18.4. The van der Waals surface area contributed by atoms with Gasteiger partial charge in [0, 0.05) is 24.8 Å². The van der Waals surface area contributed by atoms with E-state index in [9.17, 15) is 14.9 Å². The number of nitro benzene ring substituents is 1. The fourth-order valence-electron chi connectivity index (χ4n) is 3.62. The number of amides is 1. The van der Waals surface area contributed by atoms with Gasteiger partial charge < -0.3 is 15.0 Å². The first-order valence-electron chi connectivity index (χ1n) is 11.9. The second-order valence-corrected chi connectivity index (χ2v) is 8.33. The van der Waals surface area contributed by atoms with Gasteiger partial charge in [0.25, 0.3) is 5.91 Å². The highest BCUT2D eigenvalue weighted by Gasteiger charge is 2.17. The summed E-state index contributed by atoms with van der Waals surface area (Å²) >= 11 is 0. The fourth-order valence-corrected chi connectivity index (χ4v) is 3.62. The zero-order valence-electron chi connectivity index (χ0n) is 20.0. The Labute approximate surface area is 196 Å². The molecular weight excluding hydrogens is 422 g/mol. The Morgan fingerprint density at radius 2 is 1.82 bits per heavy atom. The molecule has 0 bridgehead atoms. The average Bonchev–Trinajstić information content (AvgIpc) is 3.27. The second kappa shape index (κ2) is 14.3. The van der Waals surface area contributed by atoms with Crippen molar-refractivity contribution in [3.05, 3.63) is 52.3 Å². The minimum absolute atomic E-state index is 0.00544. The largest absolute Gasteiger partial charge is 0.464 e. The maximum Gasteiger partial charge on any atom is 0.311 e. The van der Waals surface area contributed by atoms with Crippen LogP contribution in [0.25, 0.3) is 0 Å². The lowest BCUT2D eigenvalue weighted by Gasteiger charge is -2.26. The van der Waals surface area contributed by atoms with Gasteiger partial charge in [0.15, 0.2) is 12.5 Å². The Morgan fingerprint density at radius 1 is 1.15 bits per heavy atom. The van der Waals surface area contributed by atoms with Crippen LogP contribution in [0.1, 0.15) is 69.8 Å². The van der Waals surface area contributed by atoms with Crippen LogP contribution in [-0.4, -0.2) is 51.2 Å². The van der Waals surface area contributed by atoms with Crippen LogP contribution in [-0.2, 0) is 6.73 Å². The molecule has 1 amide bonds. The molecule has 33 heavy (non-hydrogen) atoms. The van der Waals surface area contributed by atoms with Crippen LogP contribution in [0, 0.1) is 10.1 Å². The molecule has 1 aromatic carbocycles. The Hall–Kier alpha value is -2.94. The minimum Gasteiger partial charge on any atom is -0.464 e. The summed E-state index contributed by atoms with van der Waals surface area (Å²) in [6, 6.07) is 7.77. The molecular formula is C24H37N5O4. The number of carbonyl (C=O) groups is 1. The predicted molar refractivity (Wildman–Crippen MR) is 128 cm³/mol. The Kier molecular flexibility index (Phi) is 11.4. The van der Waals surface area contributed by atoms with Gasteiger partial charge in [0.05, 0.1) is 4.92 Å². The smallest absolute Gasteiger partial charge is 0.311 e. The molecule has 182 valence electrons. The number of nitro groups is 1. The molecule has 9 nitrogen and oxygen atoms in total. The number of para-hydroxylation sites is 2. The highest BCUT2D eigenvalue weighted by molar-refractivity contribution is 5.92.